The van der Waals surface area contributed by atoms with Crippen LogP contribution in [-0.2, 0) is 4.79 Å². The van der Waals surface area contributed by atoms with Crippen molar-refractivity contribution in [3.8, 4) is 11.5 Å². The van der Waals surface area contributed by atoms with Crippen molar-refractivity contribution in [2.24, 2.45) is 0 Å². The molecule has 1 atom stereocenters. The first-order valence-electron chi connectivity index (χ1n) is 8.17. The van der Waals surface area contributed by atoms with E-state index < -0.39 is 22.8 Å². The summed E-state index contributed by atoms with van der Waals surface area (Å²) in [5, 5.41) is 9.98. The Labute approximate surface area is 159 Å². The van der Waals surface area contributed by atoms with Crippen LogP contribution in [0.2, 0.25) is 0 Å². The van der Waals surface area contributed by atoms with Crippen molar-refractivity contribution < 1.29 is 18.0 Å². The van der Waals surface area contributed by atoms with Gasteiger partial charge in [0.25, 0.3) is 5.22 Å². The number of aromatic nitrogens is 2. The number of aryl methyl sites for hydroxylation is 2. The number of carbonyl (C=O) groups excluding carboxylic acids is 1. The van der Waals surface area contributed by atoms with Gasteiger partial charge in [-0.2, -0.15) is 0 Å². The molecule has 0 fully saturated rings. The first kappa shape index (κ1) is 19.0. The van der Waals surface area contributed by atoms with Gasteiger partial charge in [0, 0.05) is 11.6 Å². The summed E-state index contributed by atoms with van der Waals surface area (Å²) in [6.07, 6.45) is 0. The minimum atomic E-state index is -0.838. The summed E-state index contributed by atoms with van der Waals surface area (Å²) in [7, 11) is 0. The molecule has 1 heterocycles. The van der Waals surface area contributed by atoms with Crippen LogP contribution in [0.4, 0.5) is 14.5 Å². The molecular formula is C19H17F2N3O2S. The number of anilines is 1. The fraction of sp³-hybridized carbons (Fsp3) is 0.211. The Hall–Kier alpha value is -2.74. The third kappa shape index (κ3) is 4.51. The Morgan fingerprint density at radius 3 is 2.59 bits per heavy atom. The summed E-state index contributed by atoms with van der Waals surface area (Å²) in [5.41, 5.74) is 2.97. The molecule has 3 rings (SSSR count). The molecule has 1 aromatic heterocycles. The van der Waals surface area contributed by atoms with Gasteiger partial charge in [0.15, 0.2) is 0 Å². The van der Waals surface area contributed by atoms with Gasteiger partial charge in [-0.3, -0.25) is 4.79 Å². The summed E-state index contributed by atoms with van der Waals surface area (Å²) >= 11 is 1.05. The van der Waals surface area contributed by atoms with Crippen molar-refractivity contribution in [1.29, 1.82) is 0 Å². The van der Waals surface area contributed by atoms with Crippen molar-refractivity contribution in [1.82, 2.24) is 10.2 Å². The monoisotopic (exact) mass is 389 g/mol. The van der Waals surface area contributed by atoms with Crippen molar-refractivity contribution in [3.63, 3.8) is 0 Å². The predicted molar refractivity (Wildman–Crippen MR) is 99.5 cm³/mol. The molecule has 2 aromatic carbocycles. The normalized spacial score (nSPS) is 12.0. The second-order valence-corrected chi connectivity index (χ2v) is 7.34. The number of nitrogens with zero attached hydrogens (tertiary/aromatic N) is 2. The van der Waals surface area contributed by atoms with Crippen molar-refractivity contribution >= 4 is 23.4 Å². The number of thioether (sulfide) groups is 1. The molecule has 27 heavy (non-hydrogen) atoms. The van der Waals surface area contributed by atoms with Crippen LogP contribution in [0, 0.1) is 25.5 Å². The Kier molecular flexibility index (Phi) is 5.55. The molecule has 3 aromatic rings. The minimum Gasteiger partial charge on any atom is -0.411 e. The van der Waals surface area contributed by atoms with Crippen LogP contribution < -0.4 is 5.32 Å². The minimum absolute atomic E-state index is 0.0878. The highest BCUT2D eigenvalue weighted by Gasteiger charge is 2.20. The lowest BCUT2D eigenvalue weighted by Crippen LogP contribution is -2.23. The number of hydrogen-bond acceptors (Lipinski definition) is 5. The maximum atomic E-state index is 13.7. The SMILES string of the molecule is Cc1ccc(-c2nnc(S[C@@H](C)C(=O)Nc3ccc(F)cc3F)o2)cc1C. The van der Waals surface area contributed by atoms with Crippen molar-refractivity contribution in [2.75, 3.05) is 5.32 Å². The summed E-state index contributed by atoms with van der Waals surface area (Å²) in [6.45, 7) is 5.63. The largest absolute Gasteiger partial charge is 0.411 e. The van der Waals surface area contributed by atoms with Crippen LogP contribution in [0.15, 0.2) is 46.0 Å². The summed E-state index contributed by atoms with van der Waals surface area (Å²) in [6, 6.07) is 8.76. The highest BCUT2D eigenvalue weighted by Crippen LogP contribution is 2.28. The van der Waals surface area contributed by atoms with Gasteiger partial charge in [0.2, 0.25) is 11.8 Å². The molecule has 0 bridgehead atoms. The fourth-order valence-electron chi connectivity index (χ4n) is 2.28. The molecule has 0 saturated carbocycles. The van der Waals surface area contributed by atoms with E-state index in [-0.39, 0.29) is 10.9 Å². The van der Waals surface area contributed by atoms with E-state index >= 15 is 0 Å². The van der Waals surface area contributed by atoms with E-state index in [4.69, 9.17) is 4.42 Å². The van der Waals surface area contributed by atoms with Gasteiger partial charge in [0.1, 0.15) is 11.6 Å². The third-order valence-electron chi connectivity index (χ3n) is 4.00. The Morgan fingerprint density at radius 2 is 1.89 bits per heavy atom. The van der Waals surface area contributed by atoms with E-state index in [9.17, 15) is 13.6 Å². The Bertz CT molecular complexity index is 991. The molecule has 0 aliphatic rings. The molecule has 1 N–H and O–H groups in total. The van der Waals surface area contributed by atoms with Crippen LogP contribution in [-0.4, -0.2) is 21.4 Å². The fourth-order valence-corrected chi connectivity index (χ4v) is 2.96. The van der Waals surface area contributed by atoms with E-state index in [1.165, 1.54) is 6.07 Å². The Morgan fingerprint density at radius 1 is 1.11 bits per heavy atom. The molecule has 0 aliphatic heterocycles. The van der Waals surface area contributed by atoms with Crippen LogP contribution in [0.25, 0.3) is 11.5 Å². The van der Waals surface area contributed by atoms with E-state index in [1.54, 1.807) is 6.92 Å². The number of nitrogens with one attached hydrogen (secondary N) is 1. The van der Waals surface area contributed by atoms with Crippen LogP contribution in [0.3, 0.4) is 0 Å². The van der Waals surface area contributed by atoms with Gasteiger partial charge < -0.3 is 9.73 Å². The van der Waals surface area contributed by atoms with Gasteiger partial charge in [-0.1, -0.05) is 17.8 Å². The molecule has 0 radical (unpaired) electrons. The summed E-state index contributed by atoms with van der Waals surface area (Å²) in [4.78, 5) is 12.2. The molecule has 0 saturated heterocycles. The standard InChI is InChI=1S/C19H17F2N3O2S/c1-10-4-5-13(8-11(10)2)18-23-24-19(26-18)27-12(3)17(25)22-16-7-6-14(20)9-15(16)21/h4-9,12H,1-3H3,(H,22,25)/t12-/m0/s1. The summed E-state index contributed by atoms with van der Waals surface area (Å²) < 4.78 is 32.2. The molecule has 1 amide bonds. The average Bonchev–Trinajstić information content (AvgIpc) is 3.08. The zero-order valence-corrected chi connectivity index (χ0v) is 15.7. The van der Waals surface area contributed by atoms with Crippen LogP contribution in [0.1, 0.15) is 18.1 Å². The lowest BCUT2D eigenvalue weighted by molar-refractivity contribution is -0.115. The van der Waals surface area contributed by atoms with Gasteiger partial charge in [-0.25, -0.2) is 8.78 Å². The van der Waals surface area contributed by atoms with Crippen LogP contribution >= 0.6 is 11.8 Å². The highest BCUT2D eigenvalue weighted by atomic mass is 32.2. The second-order valence-electron chi connectivity index (χ2n) is 6.05. The maximum Gasteiger partial charge on any atom is 0.277 e. The molecule has 0 unspecified atom stereocenters. The van der Waals surface area contributed by atoms with Gasteiger partial charge in [0.05, 0.1) is 10.9 Å². The number of halogens is 2. The number of carbonyl (C=O) groups is 1. The number of hydrogen-bond donors (Lipinski definition) is 1. The molecule has 0 aliphatic carbocycles. The Balaban J connectivity index is 1.67. The number of rotatable bonds is 5. The van der Waals surface area contributed by atoms with Gasteiger partial charge >= 0.3 is 0 Å². The average molecular weight is 389 g/mol. The lowest BCUT2D eigenvalue weighted by Gasteiger charge is -2.10. The van der Waals surface area contributed by atoms with E-state index in [2.05, 4.69) is 15.5 Å². The van der Waals surface area contributed by atoms with Crippen molar-refractivity contribution in [2.45, 2.75) is 31.2 Å². The first-order chi connectivity index (χ1) is 12.8. The first-order valence-corrected chi connectivity index (χ1v) is 9.05. The maximum absolute atomic E-state index is 13.7. The molecule has 140 valence electrons. The predicted octanol–water partition coefficient (Wildman–Crippen LogP) is 4.75. The third-order valence-corrected chi connectivity index (χ3v) is 4.93. The smallest absolute Gasteiger partial charge is 0.277 e. The van der Waals surface area contributed by atoms with Crippen LogP contribution in [0.5, 0.6) is 0 Å². The zero-order chi connectivity index (χ0) is 19.6. The number of amides is 1. The number of benzene rings is 2. The summed E-state index contributed by atoms with van der Waals surface area (Å²) in [5.74, 6) is -1.65. The second kappa shape index (κ2) is 7.87. The highest BCUT2D eigenvalue weighted by molar-refractivity contribution is 8.00. The molecular weight excluding hydrogens is 372 g/mol. The topological polar surface area (TPSA) is 68.0 Å². The molecule has 8 heteroatoms. The quantitative estimate of drug-likeness (QED) is 0.638. The molecule has 0 spiro atoms. The van der Waals surface area contributed by atoms with Gasteiger partial charge in [-0.15, -0.1) is 10.2 Å². The lowest BCUT2D eigenvalue weighted by atomic mass is 10.1. The van der Waals surface area contributed by atoms with E-state index in [0.29, 0.717) is 12.0 Å². The van der Waals surface area contributed by atoms with Gasteiger partial charge in [-0.05, 0) is 56.2 Å². The zero-order valence-electron chi connectivity index (χ0n) is 14.9. The van der Waals surface area contributed by atoms with Crippen molar-refractivity contribution in [3.05, 3.63) is 59.2 Å². The van der Waals surface area contributed by atoms with E-state index in [1.807, 2.05) is 32.0 Å². The van der Waals surface area contributed by atoms with E-state index in [0.717, 1.165) is 34.5 Å². The molecule has 5 nitrogen and oxygen atoms in total.